The molecule has 0 spiro atoms. The number of rotatable bonds is 9. The minimum absolute atomic E-state index is 0.128. The van der Waals surface area contributed by atoms with E-state index in [0.717, 1.165) is 11.3 Å². The van der Waals surface area contributed by atoms with E-state index in [1.54, 1.807) is 17.5 Å². The van der Waals surface area contributed by atoms with Crippen molar-refractivity contribution in [2.24, 2.45) is 5.92 Å². The molecule has 0 fully saturated rings. The summed E-state index contributed by atoms with van der Waals surface area (Å²) in [5.74, 6) is 0.752. The minimum atomic E-state index is -0.327. The highest BCUT2D eigenvalue weighted by Gasteiger charge is 2.13. The summed E-state index contributed by atoms with van der Waals surface area (Å²) in [4.78, 5) is 28.8. The molecule has 1 aromatic heterocycles. The van der Waals surface area contributed by atoms with Crippen molar-refractivity contribution in [3.8, 4) is 5.75 Å². The maximum absolute atomic E-state index is 12.4. The molecule has 7 heteroatoms. The zero-order valence-electron chi connectivity index (χ0n) is 17.1. The predicted octanol–water partition coefficient (Wildman–Crippen LogP) is 5.00. The van der Waals surface area contributed by atoms with Gasteiger partial charge in [0.15, 0.2) is 5.13 Å². The van der Waals surface area contributed by atoms with Gasteiger partial charge in [0.1, 0.15) is 11.4 Å². The summed E-state index contributed by atoms with van der Waals surface area (Å²) in [6.07, 6.45) is 1.01. The van der Waals surface area contributed by atoms with Crippen molar-refractivity contribution >= 4 is 34.0 Å². The van der Waals surface area contributed by atoms with E-state index in [1.807, 2.05) is 42.5 Å². The van der Waals surface area contributed by atoms with Gasteiger partial charge in [0.25, 0.3) is 5.91 Å². The number of hydrogen-bond donors (Lipinski definition) is 2. The Hall–Kier alpha value is -3.19. The number of nitrogens with one attached hydrogen (secondary N) is 2. The van der Waals surface area contributed by atoms with Crippen molar-refractivity contribution < 1.29 is 14.3 Å². The fourth-order valence-electron chi connectivity index (χ4n) is 2.61. The maximum Gasteiger partial charge on any atom is 0.275 e. The second-order valence-electron chi connectivity index (χ2n) is 7.26. The molecule has 0 aliphatic carbocycles. The van der Waals surface area contributed by atoms with Crippen LogP contribution in [0.25, 0.3) is 0 Å². The normalized spacial score (nSPS) is 10.6. The fourth-order valence-corrected chi connectivity index (χ4v) is 3.32. The largest absolute Gasteiger partial charge is 0.493 e. The molecule has 2 aromatic carbocycles. The summed E-state index contributed by atoms with van der Waals surface area (Å²) in [6.45, 7) is 4.81. The Labute approximate surface area is 180 Å². The number of hydrogen-bond acceptors (Lipinski definition) is 5. The molecule has 0 bridgehead atoms. The van der Waals surface area contributed by atoms with Gasteiger partial charge in [0.2, 0.25) is 5.91 Å². The lowest BCUT2D eigenvalue weighted by Gasteiger charge is -2.09. The summed E-state index contributed by atoms with van der Waals surface area (Å²) in [5.41, 5.74) is 2.02. The van der Waals surface area contributed by atoms with Crippen LogP contribution in [-0.2, 0) is 11.2 Å². The van der Waals surface area contributed by atoms with Gasteiger partial charge in [-0.15, -0.1) is 11.3 Å². The van der Waals surface area contributed by atoms with E-state index in [2.05, 4.69) is 29.5 Å². The number of benzene rings is 2. The van der Waals surface area contributed by atoms with Crippen molar-refractivity contribution in [1.29, 1.82) is 0 Å². The highest BCUT2D eigenvalue weighted by Crippen LogP contribution is 2.20. The van der Waals surface area contributed by atoms with Crippen LogP contribution in [0.15, 0.2) is 60.0 Å². The molecule has 0 unspecified atom stereocenters. The Morgan fingerprint density at radius 1 is 1.03 bits per heavy atom. The number of ether oxygens (including phenoxy) is 1. The molecule has 6 nitrogen and oxygen atoms in total. The Morgan fingerprint density at radius 2 is 1.77 bits per heavy atom. The van der Waals surface area contributed by atoms with Crippen LogP contribution in [0.5, 0.6) is 5.75 Å². The van der Waals surface area contributed by atoms with Gasteiger partial charge < -0.3 is 15.4 Å². The molecule has 1 heterocycles. The van der Waals surface area contributed by atoms with Crippen molar-refractivity contribution in [3.05, 3.63) is 71.2 Å². The van der Waals surface area contributed by atoms with Crippen LogP contribution in [0.1, 0.15) is 36.3 Å². The summed E-state index contributed by atoms with van der Waals surface area (Å²) in [6, 6.07) is 17.0. The second kappa shape index (κ2) is 10.5. The predicted molar refractivity (Wildman–Crippen MR) is 120 cm³/mol. The molecule has 0 radical (unpaired) electrons. The van der Waals surface area contributed by atoms with E-state index < -0.39 is 0 Å². The fraction of sp³-hybridized carbons (Fsp3) is 0.261. The van der Waals surface area contributed by atoms with Crippen molar-refractivity contribution in [2.75, 3.05) is 17.2 Å². The van der Waals surface area contributed by atoms with E-state index in [0.29, 0.717) is 36.2 Å². The quantitative estimate of drug-likeness (QED) is 0.507. The molecule has 2 amide bonds. The van der Waals surface area contributed by atoms with Crippen LogP contribution in [-0.4, -0.2) is 23.4 Å². The third kappa shape index (κ3) is 6.70. The summed E-state index contributed by atoms with van der Waals surface area (Å²) in [5, 5.41) is 7.59. The summed E-state index contributed by atoms with van der Waals surface area (Å²) in [7, 11) is 0. The molecule has 30 heavy (non-hydrogen) atoms. The first-order valence-corrected chi connectivity index (χ1v) is 10.7. The van der Waals surface area contributed by atoms with Gasteiger partial charge in [-0.1, -0.05) is 44.2 Å². The number of carbonyl (C=O) groups excluding carboxylic acids is 2. The highest BCUT2D eigenvalue weighted by atomic mass is 32.1. The molecule has 0 saturated heterocycles. The van der Waals surface area contributed by atoms with Gasteiger partial charge >= 0.3 is 0 Å². The van der Waals surface area contributed by atoms with Crippen LogP contribution in [0.2, 0.25) is 0 Å². The molecule has 0 aliphatic heterocycles. The first kappa shape index (κ1) is 21.5. The number of thiazole rings is 1. The van der Waals surface area contributed by atoms with Crippen molar-refractivity contribution in [1.82, 2.24) is 4.98 Å². The number of carbonyl (C=O) groups is 2. The SMILES string of the molecule is CC(C)COc1ccc(NC(=O)c2csc(NC(=O)CCc3ccccc3)n2)cc1. The van der Waals surface area contributed by atoms with E-state index in [-0.39, 0.29) is 17.5 Å². The van der Waals surface area contributed by atoms with Gasteiger partial charge in [-0.25, -0.2) is 4.98 Å². The molecule has 156 valence electrons. The molecular weight excluding hydrogens is 398 g/mol. The lowest BCUT2D eigenvalue weighted by molar-refractivity contribution is -0.116. The molecule has 2 N–H and O–H groups in total. The number of amides is 2. The number of aryl methyl sites for hydroxylation is 1. The maximum atomic E-state index is 12.4. The van der Waals surface area contributed by atoms with Crippen LogP contribution >= 0.6 is 11.3 Å². The monoisotopic (exact) mass is 423 g/mol. The average Bonchev–Trinajstić information content (AvgIpc) is 3.21. The van der Waals surface area contributed by atoms with Crippen LogP contribution in [0.4, 0.5) is 10.8 Å². The molecule has 0 atom stereocenters. The lowest BCUT2D eigenvalue weighted by Crippen LogP contribution is -2.14. The Morgan fingerprint density at radius 3 is 2.47 bits per heavy atom. The second-order valence-corrected chi connectivity index (χ2v) is 8.11. The third-order valence-electron chi connectivity index (χ3n) is 4.16. The van der Waals surface area contributed by atoms with E-state index in [4.69, 9.17) is 4.74 Å². The van der Waals surface area contributed by atoms with E-state index in [1.165, 1.54) is 11.3 Å². The molecular formula is C23H25N3O3S. The Balaban J connectivity index is 1.49. The first-order valence-electron chi connectivity index (χ1n) is 9.83. The van der Waals surface area contributed by atoms with Crippen LogP contribution < -0.4 is 15.4 Å². The van der Waals surface area contributed by atoms with Gasteiger partial charge in [-0.05, 0) is 42.2 Å². The highest BCUT2D eigenvalue weighted by molar-refractivity contribution is 7.14. The Kier molecular flexibility index (Phi) is 7.57. The molecule has 0 saturated carbocycles. The van der Waals surface area contributed by atoms with Gasteiger partial charge in [0.05, 0.1) is 6.61 Å². The first-order chi connectivity index (χ1) is 14.5. The summed E-state index contributed by atoms with van der Waals surface area (Å²) < 4.78 is 5.64. The van der Waals surface area contributed by atoms with Crippen LogP contribution in [0.3, 0.4) is 0 Å². The van der Waals surface area contributed by atoms with Crippen LogP contribution in [0, 0.1) is 5.92 Å². The topological polar surface area (TPSA) is 80.3 Å². The van der Waals surface area contributed by atoms with Crippen molar-refractivity contribution in [3.63, 3.8) is 0 Å². The molecule has 3 aromatic rings. The van der Waals surface area contributed by atoms with Gasteiger partial charge in [-0.2, -0.15) is 0 Å². The smallest absolute Gasteiger partial charge is 0.275 e. The van der Waals surface area contributed by atoms with Crippen molar-refractivity contribution in [2.45, 2.75) is 26.7 Å². The minimum Gasteiger partial charge on any atom is -0.493 e. The zero-order chi connectivity index (χ0) is 21.3. The average molecular weight is 424 g/mol. The standard InChI is InChI=1S/C23H25N3O3S/c1-16(2)14-29-19-11-9-18(10-12-19)24-22(28)20-15-30-23(25-20)26-21(27)13-8-17-6-4-3-5-7-17/h3-7,9-12,15-16H,8,13-14H2,1-2H3,(H,24,28)(H,25,26,27). The molecule has 3 rings (SSSR count). The van der Waals surface area contributed by atoms with E-state index >= 15 is 0 Å². The summed E-state index contributed by atoms with van der Waals surface area (Å²) >= 11 is 1.23. The number of anilines is 2. The third-order valence-corrected chi connectivity index (χ3v) is 4.92. The lowest BCUT2D eigenvalue weighted by atomic mass is 10.1. The van der Waals surface area contributed by atoms with Gasteiger partial charge in [-0.3, -0.25) is 9.59 Å². The Bertz CT molecular complexity index is 969. The van der Waals surface area contributed by atoms with Gasteiger partial charge in [0, 0.05) is 17.5 Å². The zero-order valence-corrected chi connectivity index (χ0v) is 17.9. The van der Waals surface area contributed by atoms with E-state index in [9.17, 15) is 9.59 Å². The number of nitrogens with zero attached hydrogens (tertiary/aromatic N) is 1. The number of aromatic nitrogens is 1. The molecule has 0 aliphatic rings.